The molecule has 2 aromatic heterocycles. The van der Waals surface area contributed by atoms with Crippen LogP contribution in [-0.4, -0.2) is 45.7 Å². The van der Waals surface area contributed by atoms with Crippen molar-refractivity contribution in [1.29, 1.82) is 0 Å². The molecule has 3 heterocycles. The number of amides is 1. The van der Waals surface area contributed by atoms with E-state index in [9.17, 15) is 18.7 Å². The second-order valence-electron chi connectivity index (χ2n) is 7.49. The van der Waals surface area contributed by atoms with Gasteiger partial charge in [0.15, 0.2) is 5.82 Å². The molecule has 3 aromatic rings. The van der Waals surface area contributed by atoms with Crippen LogP contribution in [0.3, 0.4) is 0 Å². The van der Waals surface area contributed by atoms with Gasteiger partial charge in [-0.25, -0.2) is 4.98 Å². The highest BCUT2D eigenvalue weighted by Gasteiger charge is 2.27. The average molecular weight is 555 g/mol. The number of aromatic nitrogens is 2. The van der Waals surface area contributed by atoms with E-state index in [1.165, 1.54) is 30.5 Å². The highest BCUT2D eigenvalue weighted by molar-refractivity contribution is 9.10. The summed E-state index contributed by atoms with van der Waals surface area (Å²) < 4.78 is 30.6. The molecule has 12 heteroatoms. The van der Waals surface area contributed by atoms with Crippen molar-refractivity contribution in [2.75, 3.05) is 28.6 Å². The largest absolute Gasteiger partial charge is 0.487 e. The molecular weight excluding hydrogens is 536 g/mol. The van der Waals surface area contributed by atoms with Crippen molar-refractivity contribution in [2.24, 2.45) is 0 Å². The molecule has 1 fully saturated rings. The van der Waals surface area contributed by atoms with Crippen LogP contribution in [0.5, 0.6) is 5.75 Å². The van der Waals surface area contributed by atoms with Crippen LogP contribution in [0.1, 0.15) is 16.8 Å². The van der Waals surface area contributed by atoms with Gasteiger partial charge in [-0.05, 0) is 58.7 Å². The van der Waals surface area contributed by atoms with Gasteiger partial charge in [0.05, 0.1) is 29.2 Å². The number of ether oxygens (including phenoxy) is 1. The first kappa shape index (κ1) is 24.1. The number of hydrogen-bond donors (Lipinski definition) is 3. The number of carbonyl (C=O) groups excluding carboxylic acids is 1. The number of aliphatic hydroxyl groups is 1. The normalized spacial score (nSPS) is 15.8. The van der Waals surface area contributed by atoms with E-state index in [1.54, 1.807) is 24.5 Å². The topological polar surface area (TPSA) is 99.6 Å². The molecule has 0 aliphatic carbocycles. The number of rotatable bonds is 7. The minimum absolute atomic E-state index is 0.148. The molecule has 0 bridgehead atoms. The minimum Gasteiger partial charge on any atom is -0.420 e. The number of carbonyl (C=O) groups is 1. The third-order valence-corrected chi connectivity index (χ3v) is 5.74. The van der Waals surface area contributed by atoms with Crippen LogP contribution in [0.2, 0.25) is 0 Å². The molecule has 3 N–H and O–H groups in total. The zero-order valence-electron chi connectivity index (χ0n) is 17.5. The van der Waals surface area contributed by atoms with Crippen LogP contribution in [-0.2, 0) is 0 Å². The second-order valence-corrected chi connectivity index (χ2v) is 8.78. The van der Waals surface area contributed by atoms with Gasteiger partial charge in [-0.15, -0.1) is 8.78 Å². The number of hydrogen-bond acceptors (Lipinski definition) is 7. The van der Waals surface area contributed by atoms with Crippen molar-refractivity contribution in [3.8, 4) is 5.75 Å². The lowest BCUT2D eigenvalue weighted by atomic mass is 10.2. The van der Waals surface area contributed by atoms with Crippen LogP contribution in [0.25, 0.3) is 0 Å². The van der Waals surface area contributed by atoms with Gasteiger partial charge < -0.3 is 25.4 Å². The van der Waals surface area contributed by atoms with Crippen LogP contribution in [0.15, 0.2) is 59.5 Å². The van der Waals surface area contributed by atoms with Crippen molar-refractivity contribution >= 4 is 56.3 Å². The molecule has 1 aliphatic rings. The molecule has 4 rings (SSSR count). The van der Waals surface area contributed by atoms with Gasteiger partial charge in [0.2, 0.25) is 0 Å². The number of anilines is 4. The molecule has 34 heavy (non-hydrogen) atoms. The van der Waals surface area contributed by atoms with Crippen molar-refractivity contribution in [3.05, 3.63) is 65.0 Å². The maximum Gasteiger partial charge on any atom is 0.487 e. The first-order valence-corrected chi connectivity index (χ1v) is 11.3. The summed E-state index contributed by atoms with van der Waals surface area (Å²) in [5, 5.41) is 15.9. The monoisotopic (exact) mass is 553 g/mol. The molecule has 0 radical (unpaired) electrons. The van der Waals surface area contributed by atoms with E-state index in [1.807, 2.05) is 4.90 Å². The Morgan fingerprint density at radius 3 is 2.65 bits per heavy atom. The summed E-state index contributed by atoms with van der Waals surface area (Å²) in [6, 6.07) is 8.77. The van der Waals surface area contributed by atoms with Crippen LogP contribution < -0.4 is 20.3 Å². The molecule has 1 amide bonds. The number of pyridine rings is 2. The van der Waals surface area contributed by atoms with E-state index in [2.05, 4.69) is 41.3 Å². The quantitative estimate of drug-likeness (QED) is 0.355. The van der Waals surface area contributed by atoms with Crippen molar-refractivity contribution < 1.29 is 23.4 Å². The lowest BCUT2D eigenvalue weighted by molar-refractivity contribution is -0.0964. The number of nitrogens with one attached hydrogen (secondary N) is 2. The molecule has 1 atom stereocenters. The Labute approximate surface area is 207 Å². The predicted octanol–water partition coefficient (Wildman–Crippen LogP) is 4.97. The number of alkyl halides is 3. The average Bonchev–Trinajstić information content (AvgIpc) is 3.21. The van der Waals surface area contributed by atoms with E-state index < -0.39 is 17.6 Å². The van der Waals surface area contributed by atoms with E-state index in [4.69, 9.17) is 11.6 Å². The Morgan fingerprint density at radius 1 is 1.24 bits per heavy atom. The molecule has 1 aliphatic heterocycles. The molecule has 0 unspecified atom stereocenters. The lowest BCUT2D eigenvalue weighted by Crippen LogP contribution is -2.24. The van der Waals surface area contributed by atoms with Crippen molar-refractivity contribution in [1.82, 2.24) is 9.97 Å². The molecule has 178 valence electrons. The van der Waals surface area contributed by atoms with Crippen LogP contribution in [0.4, 0.5) is 31.7 Å². The minimum atomic E-state index is -3.82. The zero-order chi connectivity index (χ0) is 24.3. The first-order valence-electron chi connectivity index (χ1n) is 10.1. The first-order chi connectivity index (χ1) is 16.2. The van der Waals surface area contributed by atoms with Crippen molar-refractivity contribution in [3.63, 3.8) is 0 Å². The zero-order valence-corrected chi connectivity index (χ0v) is 19.9. The van der Waals surface area contributed by atoms with Gasteiger partial charge in [0, 0.05) is 47.2 Å². The van der Waals surface area contributed by atoms with Crippen molar-refractivity contribution in [2.45, 2.75) is 18.1 Å². The Hall–Kier alpha value is -3.02. The fraction of sp³-hybridized carbons (Fsp3) is 0.227. The fourth-order valence-electron chi connectivity index (χ4n) is 3.42. The summed E-state index contributed by atoms with van der Waals surface area (Å²) in [6.07, 6.45) is 4.88. The predicted molar refractivity (Wildman–Crippen MR) is 128 cm³/mol. The Balaban J connectivity index is 1.56. The van der Waals surface area contributed by atoms with Gasteiger partial charge in [-0.3, -0.25) is 9.78 Å². The Morgan fingerprint density at radius 2 is 2.00 bits per heavy atom. The fourth-order valence-corrected chi connectivity index (χ4v) is 3.83. The summed E-state index contributed by atoms with van der Waals surface area (Å²) in [5.41, 5.74) is -1.96. The standard InChI is InChI=1S/C22H19BrClF2N5O3/c23-17-5-7-27-11-19(17)30-18-9-13(10-28-20(18)31-8-6-15(32)12-31)21(33)29-14-1-3-16(4-2-14)34-22(24,25)26/h1-5,7,9-11,15,30,32H,6,8,12H2,(H,29,33)/t15-/m1/s1. The highest BCUT2D eigenvalue weighted by atomic mass is 79.9. The maximum absolute atomic E-state index is 12.9. The number of aliphatic hydroxyl groups excluding tert-OH is 1. The number of nitrogens with zero attached hydrogens (tertiary/aromatic N) is 3. The third kappa shape index (κ3) is 6.10. The van der Waals surface area contributed by atoms with E-state index in [0.717, 1.165) is 4.47 Å². The number of halogens is 4. The Kier molecular flexibility index (Phi) is 7.15. The van der Waals surface area contributed by atoms with Crippen LogP contribution in [0, 0.1) is 0 Å². The lowest BCUT2D eigenvalue weighted by Gasteiger charge is -2.22. The maximum atomic E-state index is 12.9. The van der Waals surface area contributed by atoms with Gasteiger partial charge in [0.25, 0.3) is 5.91 Å². The summed E-state index contributed by atoms with van der Waals surface area (Å²) in [6.45, 7) is 1.05. The molecule has 8 nitrogen and oxygen atoms in total. The summed E-state index contributed by atoms with van der Waals surface area (Å²) in [4.78, 5) is 23.4. The summed E-state index contributed by atoms with van der Waals surface area (Å²) >= 11 is 8.23. The van der Waals surface area contributed by atoms with E-state index >= 15 is 0 Å². The number of benzene rings is 1. The SMILES string of the molecule is O=C(Nc1ccc(OC(F)(F)Cl)cc1)c1cnc(N2CC[C@@H](O)C2)c(Nc2cnccc2Br)c1. The van der Waals surface area contributed by atoms with Gasteiger partial charge in [-0.2, -0.15) is 0 Å². The molecule has 0 spiro atoms. The Bertz CT molecular complexity index is 1180. The molecule has 1 saturated heterocycles. The van der Waals surface area contributed by atoms with Gasteiger partial charge >= 0.3 is 5.57 Å². The summed E-state index contributed by atoms with van der Waals surface area (Å²) in [5.74, 6) is -0.0112. The smallest absolute Gasteiger partial charge is 0.420 e. The molecular formula is C22H19BrClF2N5O3. The van der Waals surface area contributed by atoms with Gasteiger partial charge in [0.1, 0.15) is 5.75 Å². The third-order valence-electron chi connectivity index (χ3n) is 4.97. The second kappa shape index (κ2) is 10.1. The highest BCUT2D eigenvalue weighted by Crippen LogP contribution is 2.33. The summed E-state index contributed by atoms with van der Waals surface area (Å²) in [7, 11) is 0. The van der Waals surface area contributed by atoms with E-state index in [-0.39, 0.29) is 11.3 Å². The number of β-amino-alcohol motifs (C(OH)–C–C–N with tert-alkyl or cyclic N) is 1. The molecule has 0 saturated carbocycles. The van der Waals surface area contributed by atoms with Gasteiger partial charge in [-0.1, -0.05) is 0 Å². The molecule has 1 aromatic carbocycles. The van der Waals surface area contributed by atoms with Crippen LogP contribution >= 0.6 is 27.5 Å². The van der Waals surface area contributed by atoms with E-state index in [0.29, 0.717) is 42.4 Å².